The predicted molar refractivity (Wildman–Crippen MR) is 73.3 cm³/mol. The molecule has 0 aliphatic rings. The molecule has 8 heteroatoms. The fourth-order valence-corrected chi connectivity index (χ4v) is 2.99. The Morgan fingerprint density at radius 3 is 2.65 bits per heavy atom. The Balaban J connectivity index is 2.18. The van der Waals surface area contributed by atoms with Crippen molar-refractivity contribution in [3.63, 3.8) is 0 Å². The molecule has 0 aromatic carbocycles. The minimum absolute atomic E-state index is 0.158. The van der Waals surface area contributed by atoms with Crippen molar-refractivity contribution in [2.24, 2.45) is 7.05 Å². The van der Waals surface area contributed by atoms with E-state index in [0.717, 1.165) is 5.69 Å². The molecule has 0 aliphatic heterocycles. The van der Waals surface area contributed by atoms with Gasteiger partial charge in [-0.2, -0.15) is 5.10 Å². The summed E-state index contributed by atoms with van der Waals surface area (Å²) in [6.45, 7) is 2.47. The molecule has 2 rings (SSSR count). The number of nitrogens with one attached hydrogen (secondary N) is 1. The minimum atomic E-state index is -3.60. The first-order valence-electron chi connectivity index (χ1n) is 6.24. The van der Waals surface area contributed by atoms with Crippen molar-refractivity contribution in [1.82, 2.24) is 19.1 Å². The Labute approximate surface area is 117 Å². The normalized spacial score (nSPS) is 11.9. The maximum atomic E-state index is 12.2. The van der Waals surface area contributed by atoms with E-state index < -0.39 is 10.0 Å². The van der Waals surface area contributed by atoms with Crippen LogP contribution in [0.2, 0.25) is 0 Å². The maximum Gasteiger partial charge on any atom is 0.242 e. The summed E-state index contributed by atoms with van der Waals surface area (Å²) in [4.78, 5) is 0.158. The summed E-state index contributed by atoms with van der Waals surface area (Å²) in [6, 6.07) is 3.23. The summed E-state index contributed by atoms with van der Waals surface area (Å²) < 4.78 is 30.2. The van der Waals surface area contributed by atoms with Crippen molar-refractivity contribution in [2.45, 2.75) is 31.5 Å². The number of aromatic nitrogens is 3. The van der Waals surface area contributed by atoms with E-state index in [1.165, 1.54) is 12.3 Å². The largest absolute Gasteiger partial charge is 0.390 e. The molecule has 0 saturated carbocycles. The number of nitrogens with zero attached hydrogens (tertiary/aromatic N) is 3. The smallest absolute Gasteiger partial charge is 0.242 e. The molecule has 2 aromatic heterocycles. The van der Waals surface area contributed by atoms with Gasteiger partial charge in [0.15, 0.2) is 0 Å². The molecule has 110 valence electrons. The van der Waals surface area contributed by atoms with Gasteiger partial charge in [0.25, 0.3) is 0 Å². The van der Waals surface area contributed by atoms with E-state index in [1.807, 2.05) is 6.92 Å². The van der Waals surface area contributed by atoms with Gasteiger partial charge in [0, 0.05) is 31.7 Å². The first-order chi connectivity index (χ1) is 9.47. The Bertz CT molecular complexity index is 666. The van der Waals surface area contributed by atoms with E-state index in [4.69, 9.17) is 0 Å². The summed E-state index contributed by atoms with van der Waals surface area (Å²) in [5, 5.41) is 13.2. The van der Waals surface area contributed by atoms with Crippen LogP contribution in [0.4, 0.5) is 0 Å². The lowest BCUT2D eigenvalue weighted by Crippen LogP contribution is -2.24. The quantitative estimate of drug-likeness (QED) is 0.798. The van der Waals surface area contributed by atoms with Crippen LogP contribution >= 0.6 is 0 Å². The summed E-state index contributed by atoms with van der Waals surface area (Å²) in [6.07, 6.45) is 3.14. The molecule has 20 heavy (non-hydrogen) atoms. The van der Waals surface area contributed by atoms with Gasteiger partial charge in [-0.05, 0) is 19.1 Å². The third-order valence-electron chi connectivity index (χ3n) is 3.14. The molecule has 2 heterocycles. The zero-order valence-corrected chi connectivity index (χ0v) is 12.3. The van der Waals surface area contributed by atoms with E-state index >= 15 is 0 Å². The second-order valence-corrected chi connectivity index (χ2v) is 6.15. The van der Waals surface area contributed by atoms with Crippen molar-refractivity contribution in [3.05, 3.63) is 35.9 Å². The van der Waals surface area contributed by atoms with E-state index in [2.05, 4.69) is 9.82 Å². The Morgan fingerprint density at radius 1 is 1.40 bits per heavy atom. The first kappa shape index (κ1) is 14.8. The van der Waals surface area contributed by atoms with Crippen LogP contribution in [0.15, 0.2) is 29.4 Å². The highest BCUT2D eigenvalue weighted by Crippen LogP contribution is 2.15. The minimum Gasteiger partial charge on any atom is -0.390 e. The van der Waals surface area contributed by atoms with Gasteiger partial charge in [-0.25, -0.2) is 13.1 Å². The molecule has 0 bridgehead atoms. The van der Waals surface area contributed by atoms with Crippen LogP contribution in [0.25, 0.3) is 0 Å². The molecular formula is C12H18N4O3S. The zero-order valence-electron chi connectivity index (χ0n) is 11.4. The van der Waals surface area contributed by atoms with Crippen molar-refractivity contribution in [1.29, 1.82) is 0 Å². The molecule has 0 unspecified atom stereocenters. The molecular weight excluding hydrogens is 280 g/mol. The van der Waals surface area contributed by atoms with Crippen LogP contribution in [0.1, 0.15) is 18.3 Å². The van der Waals surface area contributed by atoms with E-state index in [9.17, 15) is 13.5 Å². The fraction of sp³-hybridized carbons (Fsp3) is 0.417. The van der Waals surface area contributed by atoms with Crippen molar-refractivity contribution >= 4 is 10.0 Å². The molecule has 2 aromatic rings. The van der Waals surface area contributed by atoms with Crippen molar-refractivity contribution < 1.29 is 13.5 Å². The van der Waals surface area contributed by atoms with E-state index in [1.54, 1.807) is 28.6 Å². The fourth-order valence-electron chi connectivity index (χ4n) is 1.93. The Hall–Kier alpha value is -1.64. The highest BCUT2D eigenvalue weighted by atomic mass is 32.2. The van der Waals surface area contributed by atoms with Crippen molar-refractivity contribution in [2.75, 3.05) is 0 Å². The van der Waals surface area contributed by atoms with Crippen molar-refractivity contribution in [3.8, 4) is 0 Å². The van der Waals surface area contributed by atoms with E-state index in [-0.39, 0.29) is 18.0 Å². The lowest BCUT2D eigenvalue weighted by atomic mass is 10.4. The topological polar surface area (TPSA) is 89.2 Å². The third kappa shape index (κ3) is 2.92. The second-order valence-electron chi connectivity index (χ2n) is 4.38. The third-order valence-corrected chi connectivity index (χ3v) is 4.51. The van der Waals surface area contributed by atoms with Crippen LogP contribution < -0.4 is 4.72 Å². The molecule has 0 radical (unpaired) electrons. The molecule has 0 saturated heterocycles. The van der Waals surface area contributed by atoms with Gasteiger partial charge in [0.2, 0.25) is 10.0 Å². The molecule has 7 nitrogen and oxygen atoms in total. The second kappa shape index (κ2) is 5.78. The first-order valence-corrected chi connectivity index (χ1v) is 7.72. The highest BCUT2D eigenvalue weighted by molar-refractivity contribution is 7.89. The number of hydrogen-bond acceptors (Lipinski definition) is 4. The maximum absolute atomic E-state index is 12.2. The molecule has 0 aliphatic carbocycles. The number of aryl methyl sites for hydroxylation is 2. The number of sulfonamides is 1. The lowest BCUT2D eigenvalue weighted by Gasteiger charge is -2.05. The van der Waals surface area contributed by atoms with Crippen LogP contribution in [-0.4, -0.2) is 27.9 Å². The lowest BCUT2D eigenvalue weighted by molar-refractivity contribution is 0.271. The average Bonchev–Trinajstić information content (AvgIpc) is 3.02. The van der Waals surface area contributed by atoms with Crippen LogP contribution in [0, 0.1) is 0 Å². The summed E-state index contributed by atoms with van der Waals surface area (Å²) in [5.74, 6) is 0. The van der Waals surface area contributed by atoms with Gasteiger partial charge >= 0.3 is 0 Å². The van der Waals surface area contributed by atoms with Gasteiger partial charge in [-0.3, -0.25) is 4.68 Å². The summed E-state index contributed by atoms with van der Waals surface area (Å²) in [7, 11) is -1.85. The van der Waals surface area contributed by atoms with Crippen LogP contribution in [0.3, 0.4) is 0 Å². The number of hydrogen-bond donors (Lipinski definition) is 2. The summed E-state index contributed by atoms with van der Waals surface area (Å²) in [5.41, 5.74) is 1.35. The molecule has 0 atom stereocenters. The zero-order chi connectivity index (χ0) is 14.8. The van der Waals surface area contributed by atoms with Crippen LogP contribution in [-0.2, 0) is 36.8 Å². The van der Waals surface area contributed by atoms with Crippen LogP contribution in [0.5, 0.6) is 0 Å². The number of aliphatic hydroxyl groups is 1. The standard InChI is InChI=1S/C12H18N4O3S/c1-3-16-8-12(6-11(16)9-17)20(18,19)14-7-10-4-5-13-15(10)2/h4-6,8,14,17H,3,7,9H2,1-2H3. The Kier molecular flexibility index (Phi) is 4.26. The average molecular weight is 298 g/mol. The number of aliphatic hydroxyl groups excluding tert-OH is 1. The highest BCUT2D eigenvalue weighted by Gasteiger charge is 2.18. The molecule has 0 amide bonds. The van der Waals surface area contributed by atoms with Gasteiger partial charge in [0.05, 0.1) is 23.7 Å². The van der Waals surface area contributed by atoms with E-state index in [0.29, 0.717) is 12.2 Å². The van der Waals surface area contributed by atoms with Gasteiger partial charge in [-0.15, -0.1) is 0 Å². The monoisotopic (exact) mass is 298 g/mol. The summed E-state index contributed by atoms with van der Waals surface area (Å²) >= 11 is 0. The predicted octanol–water partition coefficient (Wildman–Crippen LogP) is 0.212. The van der Waals surface area contributed by atoms with Gasteiger partial charge in [0.1, 0.15) is 0 Å². The Morgan fingerprint density at radius 2 is 2.15 bits per heavy atom. The van der Waals surface area contributed by atoms with Gasteiger partial charge in [-0.1, -0.05) is 0 Å². The van der Waals surface area contributed by atoms with Gasteiger partial charge < -0.3 is 9.67 Å². The molecule has 2 N–H and O–H groups in total. The number of rotatable bonds is 6. The SMILES string of the molecule is CCn1cc(S(=O)(=O)NCc2ccnn2C)cc1CO. The molecule has 0 spiro atoms. The molecule has 0 fully saturated rings.